The predicted molar refractivity (Wildman–Crippen MR) is 89.0 cm³/mol. The Balaban J connectivity index is 0.00000117. The topological polar surface area (TPSA) is 146 Å². The van der Waals surface area contributed by atoms with Crippen LogP contribution in [0.3, 0.4) is 0 Å². The van der Waals surface area contributed by atoms with E-state index < -0.39 is 36.5 Å². The van der Waals surface area contributed by atoms with Crippen molar-refractivity contribution in [2.75, 3.05) is 19.0 Å². The Kier molecular flexibility index (Phi) is 7.06. The molecule has 144 valence electrons. The lowest BCUT2D eigenvalue weighted by atomic mass is 9.97. The van der Waals surface area contributed by atoms with Crippen molar-refractivity contribution in [3.05, 3.63) is 29.8 Å². The molecular formula is C17H23NO8. The summed E-state index contributed by atoms with van der Waals surface area (Å²) in [5.74, 6) is -1.71. The first kappa shape index (κ1) is 20.3. The summed E-state index contributed by atoms with van der Waals surface area (Å²) >= 11 is 0. The Bertz CT molecular complexity index is 637. The molecule has 0 aromatic heterocycles. The highest BCUT2D eigenvalue weighted by Gasteiger charge is 2.40. The predicted octanol–water partition coefficient (Wildman–Crippen LogP) is -0.907. The van der Waals surface area contributed by atoms with Gasteiger partial charge in [0.05, 0.1) is 31.2 Å². The molecule has 1 unspecified atom stereocenters. The SMILES string of the molecule is CO.O=C(CC1C(=O)Nc2ccccc21)O[C@@H]1O[C@H](CO)C[C@H](O)[C@H]1O. The molecule has 5 N–H and O–H groups in total. The third-order valence-electron chi connectivity index (χ3n) is 4.24. The first-order valence-corrected chi connectivity index (χ1v) is 8.16. The molecule has 1 aromatic carbocycles. The molecule has 0 aliphatic carbocycles. The van der Waals surface area contributed by atoms with Gasteiger partial charge in [-0.3, -0.25) is 9.59 Å². The van der Waals surface area contributed by atoms with Crippen LogP contribution < -0.4 is 5.32 Å². The van der Waals surface area contributed by atoms with Crippen molar-refractivity contribution < 1.29 is 39.5 Å². The number of amides is 1. The van der Waals surface area contributed by atoms with Crippen LogP contribution in [-0.4, -0.2) is 70.6 Å². The first-order chi connectivity index (χ1) is 12.5. The minimum absolute atomic E-state index is 0.0458. The standard InChI is InChI=1S/C16H19NO7.CH4O/c18-7-8-5-12(19)14(21)16(23-8)24-13(20)6-10-9-3-1-2-4-11(9)17-15(10)22;1-2/h1-4,8,10,12,14,16,18-19,21H,5-7H2,(H,17,22);2H,1H3/t8-,10?,12-,14+,16-;/m0./s1. The van der Waals surface area contributed by atoms with E-state index >= 15 is 0 Å². The van der Waals surface area contributed by atoms with E-state index in [0.29, 0.717) is 11.3 Å². The fourth-order valence-electron chi connectivity index (χ4n) is 2.95. The Labute approximate surface area is 150 Å². The van der Waals surface area contributed by atoms with Crippen LogP contribution in [0.1, 0.15) is 24.3 Å². The molecule has 2 heterocycles. The number of rotatable bonds is 4. The third kappa shape index (κ3) is 4.37. The molecule has 2 aliphatic rings. The van der Waals surface area contributed by atoms with E-state index in [-0.39, 0.29) is 25.4 Å². The number of carbonyl (C=O) groups excluding carboxylic acids is 2. The van der Waals surface area contributed by atoms with Crippen LogP contribution in [0, 0.1) is 0 Å². The highest BCUT2D eigenvalue weighted by atomic mass is 16.7. The molecule has 0 saturated carbocycles. The molecule has 1 aromatic rings. The van der Waals surface area contributed by atoms with Crippen LogP contribution in [0.15, 0.2) is 24.3 Å². The Morgan fingerprint density at radius 1 is 1.31 bits per heavy atom. The number of fused-ring (bicyclic) bond motifs is 1. The molecule has 9 heteroatoms. The Morgan fingerprint density at radius 2 is 2.00 bits per heavy atom. The number of anilines is 1. The van der Waals surface area contributed by atoms with E-state index in [4.69, 9.17) is 19.7 Å². The van der Waals surface area contributed by atoms with Gasteiger partial charge < -0.3 is 35.2 Å². The molecule has 0 radical (unpaired) electrons. The summed E-state index contributed by atoms with van der Waals surface area (Å²) in [4.78, 5) is 24.1. The molecule has 1 saturated heterocycles. The lowest BCUT2D eigenvalue weighted by Gasteiger charge is -2.35. The molecular weight excluding hydrogens is 346 g/mol. The van der Waals surface area contributed by atoms with Crippen molar-refractivity contribution in [1.82, 2.24) is 0 Å². The van der Waals surface area contributed by atoms with Crippen molar-refractivity contribution in [3.8, 4) is 0 Å². The van der Waals surface area contributed by atoms with Gasteiger partial charge in [0.1, 0.15) is 6.10 Å². The van der Waals surface area contributed by atoms with E-state index in [0.717, 1.165) is 7.11 Å². The van der Waals surface area contributed by atoms with Crippen molar-refractivity contribution in [1.29, 1.82) is 0 Å². The zero-order valence-electron chi connectivity index (χ0n) is 14.2. The molecule has 9 nitrogen and oxygen atoms in total. The normalized spacial score (nSPS) is 29.9. The summed E-state index contributed by atoms with van der Waals surface area (Å²) in [5, 5.41) is 38.4. The number of nitrogens with one attached hydrogen (secondary N) is 1. The molecule has 3 rings (SSSR count). The molecule has 5 atom stereocenters. The maximum absolute atomic E-state index is 12.1. The zero-order chi connectivity index (χ0) is 19.3. The van der Waals surface area contributed by atoms with Gasteiger partial charge in [-0.2, -0.15) is 0 Å². The van der Waals surface area contributed by atoms with Gasteiger partial charge in [-0.25, -0.2) is 0 Å². The van der Waals surface area contributed by atoms with Crippen molar-refractivity contribution in [2.45, 2.75) is 43.4 Å². The quantitative estimate of drug-likeness (QED) is 0.429. The summed E-state index contributed by atoms with van der Waals surface area (Å²) in [7, 11) is 1.00. The monoisotopic (exact) mass is 369 g/mol. The summed E-state index contributed by atoms with van der Waals surface area (Å²) < 4.78 is 10.3. The van der Waals surface area contributed by atoms with Gasteiger partial charge in [-0.1, -0.05) is 18.2 Å². The second-order valence-corrected chi connectivity index (χ2v) is 5.93. The number of ether oxygens (including phenoxy) is 2. The average Bonchev–Trinajstić information content (AvgIpc) is 2.96. The number of aliphatic hydroxyl groups is 4. The third-order valence-corrected chi connectivity index (χ3v) is 4.24. The smallest absolute Gasteiger partial charge is 0.309 e. The van der Waals surface area contributed by atoms with Gasteiger partial charge in [0, 0.05) is 19.2 Å². The minimum Gasteiger partial charge on any atom is -0.433 e. The second kappa shape index (κ2) is 9.06. The number of hydrogen-bond acceptors (Lipinski definition) is 8. The van der Waals surface area contributed by atoms with Gasteiger partial charge in [0.15, 0.2) is 0 Å². The lowest BCUT2D eigenvalue weighted by molar-refractivity contribution is -0.263. The van der Waals surface area contributed by atoms with Crippen LogP contribution in [0.5, 0.6) is 0 Å². The van der Waals surface area contributed by atoms with Crippen molar-refractivity contribution in [3.63, 3.8) is 0 Å². The number of para-hydroxylation sites is 1. The van der Waals surface area contributed by atoms with E-state index in [9.17, 15) is 19.8 Å². The van der Waals surface area contributed by atoms with Gasteiger partial charge in [0.25, 0.3) is 0 Å². The summed E-state index contributed by atoms with van der Waals surface area (Å²) in [6, 6.07) is 7.05. The number of esters is 1. The van der Waals surface area contributed by atoms with Crippen LogP contribution in [0.25, 0.3) is 0 Å². The molecule has 1 fully saturated rings. The van der Waals surface area contributed by atoms with Gasteiger partial charge in [-0.05, 0) is 11.6 Å². The van der Waals surface area contributed by atoms with E-state index in [2.05, 4.69) is 5.32 Å². The molecule has 1 amide bonds. The zero-order valence-corrected chi connectivity index (χ0v) is 14.2. The van der Waals surface area contributed by atoms with Crippen LogP contribution in [0.4, 0.5) is 5.69 Å². The van der Waals surface area contributed by atoms with E-state index in [1.54, 1.807) is 24.3 Å². The summed E-state index contributed by atoms with van der Waals surface area (Å²) in [6.45, 7) is -0.365. The molecule has 0 bridgehead atoms. The Morgan fingerprint density at radius 3 is 2.69 bits per heavy atom. The first-order valence-electron chi connectivity index (χ1n) is 8.16. The van der Waals surface area contributed by atoms with Crippen molar-refractivity contribution in [2.24, 2.45) is 0 Å². The van der Waals surface area contributed by atoms with E-state index in [1.807, 2.05) is 0 Å². The molecule has 2 aliphatic heterocycles. The number of aliphatic hydroxyl groups excluding tert-OH is 4. The van der Waals surface area contributed by atoms with Crippen LogP contribution in [0.2, 0.25) is 0 Å². The minimum atomic E-state index is -1.40. The lowest BCUT2D eigenvalue weighted by Crippen LogP contribution is -2.51. The maximum Gasteiger partial charge on any atom is 0.309 e. The van der Waals surface area contributed by atoms with Gasteiger partial charge in [0.2, 0.25) is 12.2 Å². The largest absolute Gasteiger partial charge is 0.433 e. The van der Waals surface area contributed by atoms with Gasteiger partial charge >= 0.3 is 5.97 Å². The molecule has 26 heavy (non-hydrogen) atoms. The maximum atomic E-state index is 12.1. The van der Waals surface area contributed by atoms with Crippen LogP contribution >= 0.6 is 0 Å². The average molecular weight is 369 g/mol. The van der Waals surface area contributed by atoms with E-state index in [1.165, 1.54) is 0 Å². The molecule has 0 spiro atoms. The summed E-state index contributed by atoms with van der Waals surface area (Å²) in [6.07, 6.45) is -4.83. The summed E-state index contributed by atoms with van der Waals surface area (Å²) in [5.41, 5.74) is 1.36. The number of carbonyl (C=O) groups is 2. The highest BCUT2D eigenvalue weighted by Crippen LogP contribution is 2.34. The van der Waals surface area contributed by atoms with Crippen molar-refractivity contribution >= 4 is 17.6 Å². The number of benzene rings is 1. The van der Waals surface area contributed by atoms with Gasteiger partial charge in [-0.15, -0.1) is 0 Å². The second-order valence-electron chi connectivity index (χ2n) is 5.93. The fourth-order valence-corrected chi connectivity index (χ4v) is 2.95. The fraction of sp³-hybridized carbons (Fsp3) is 0.529. The van der Waals surface area contributed by atoms with Crippen LogP contribution in [-0.2, 0) is 19.1 Å². The highest BCUT2D eigenvalue weighted by molar-refractivity contribution is 6.04. The Hall–Kier alpha value is -2.04. The number of hydrogen-bond donors (Lipinski definition) is 5.